The van der Waals surface area contributed by atoms with Gasteiger partial charge in [-0.3, -0.25) is 0 Å². The molecule has 1 unspecified atom stereocenters. The van der Waals surface area contributed by atoms with Gasteiger partial charge in [-0.2, -0.15) is 5.26 Å². The maximum Gasteiger partial charge on any atom is 0.343 e. The Balaban J connectivity index is 1.71. The number of nitrogens with two attached hydrogens (primary N) is 1. The molecule has 5 nitrogen and oxygen atoms in total. The summed E-state index contributed by atoms with van der Waals surface area (Å²) in [6.07, 6.45) is 0. The van der Waals surface area contributed by atoms with Crippen molar-refractivity contribution in [3.63, 3.8) is 0 Å². The van der Waals surface area contributed by atoms with E-state index >= 15 is 0 Å². The van der Waals surface area contributed by atoms with Crippen LogP contribution in [0.4, 0.5) is 0 Å². The van der Waals surface area contributed by atoms with Crippen LogP contribution in [-0.4, -0.2) is 5.97 Å². The zero-order chi connectivity index (χ0) is 22.1. The second-order valence-electron chi connectivity index (χ2n) is 6.69. The molecular weight excluding hydrogens is 459 g/mol. The number of hydrogen-bond acceptors (Lipinski definition) is 5. The normalized spacial score (nSPS) is 15.0. The second-order valence-corrected chi connectivity index (χ2v) is 7.97. The van der Waals surface area contributed by atoms with Crippen molar-refractivity contribution in [3.8, 4) is 17.6 Å². The van der Waals surface area contributed by atoms with Crippen molar-refractivity contribution in [2.24, 2.45) is 5.73 Å². The van der Waals surface area contributed by atoms with Crippen molar-refractivity contribution in [1.82, 2.24) is 0 Å². The molecule has 0 fully saturated rings. The third-order valence-electron chi connectivity index (χ3n) is 4.75. The van der Waals surface area contributed by atoms with Crippen LogP contribution in [0.25, 0.3) is 0 Å². The van der Waals surface area contributed by atoms with Gasteiger partial charge in [0.1, 0.15) is 23.1 Å². The van der Waals surface area contributed by atoms with E-state index in [0.29, 0.717) is 37.5 Å². The molecule has 3 aromatic carbocycles. The van der Waals surface area contributed by atoms with E-state index in [2.05, 4.69) is 6.07 Å². The third kappa shape index (κ3) is 4.19. The van der Waals surface area contributed by atoms with Crippen LogP contribution in [0, 0.1) is 11.3 Å². The molecule has 154 valence electrons. The van der Waals surface area contributed by atoms with E-state index in [4.69, 9.17) is 50.0 Å². The number of rotatable bonds is 3. The molecule has 0 aromatic heterocycles. The molecule has 8 heteroatoms. The van der Waals surface area contributed by atoms with Crippen LogP contribution in [0.5, 0.6) is 11.5 Å². The summed E-state index contributed by atoms with van der Waals surface area (Å²) >= 11 is 18.3. The van der Waals surface area contributed by atoms with E-state index in [9.17, 15) is 10.1 Å². The minimum absolute atomic E-state index is 0.0489. The predicted molar refractivity (Wildman–Crippen MR) is 119 cm³/mol. The molecule has 0 spiro atoms. The monoisotopic (exact) mass is 470 g/mol. The van der Waals surface area contributed by atoms with Crippen LogP contribution < -0.4 is 15.2 Å². The van der Waals surface area contributed by atoms with Crippen molar-refractivity contribution in [2.75, 3.05) is 0 Å². The summed E-state index contributed by atoms with van der Waals surface area (Å²) in [5.41, 5.74) is 7.89. The molecule has 4 rings (SSSR count). The molecule has 0 saturated carbocycles. The predicted octanol–water partition coefficient (Wildman–Crippen LogP) is 6.08. The summed E-state index contributed by atoms with van der Waals surface area (Å²) in [6.45, 7) is 0. The van der Waals surface area contributed by atoms with Crippen molar-refractivity contribution in [3.05, 3.63) is 104 Å². The minimum atomic E-state index is -0.556. The number of allylic oxidation sites excluding steroid dienone is 1. The zero-order valence-electron chi connectivity index (χ0n) is 15.7. The fourth-order valence-corrected chi connectivity index (χ4v) is 3.95. The van der Waals surface area contributed by atoms with Crippen LogP contribution in [0.2, 0.25) is 15.1 Å². The highest BCUT2D eigenvalue weighted by Gasteiger charge is 2.32. The first-order valence-corrected chi connectivity index (χ1v) is 10.1. The van der Waals surface area contributed by atoms with E-state index in [-0.39, 0.29) is 17.2 Å². The summed E-state index contributed by atoms with van der Waals surface area (Å²) in [4.78, 5) is 12.4. The average Bonchev–Trinajstić information content (AvgIpc) is 2.73. The van der Waals surface area contributed by atoms with Crippen molar-refractivity contribution in [1.29, 1.82) is 5.26 Å². The third-order valence-corrected chi connectivity index (χ3v) is 5.57. The number of halogens is 3. The number of fused-ring (bicyclic) bond motifs is 1. The molecule has 2 N–H and O–H groups in total. The number of carbonyl (C=O) groups excluding carboxylic acids is 1. The van der Waals surface area contributed by atoms with Crippen LogP contribution in [-0.2, 0) is 0 Å². The van der Waals surface area contributed by atoms with Crippen LogP contribution >= 0.6 is 34.8 Å². The molecule has 0 bridgehead atoms. The number of nitriles is 1. The molecule has 3 aromatic rings. The lowest BCUT2D eigenvalue weighted by atomic mass is 9.83. The molecule has 31 heavy (non-hydrogen) atoms. The van der Waals surface area contributed by atoms with Gasteiger partial charge in [0.25, 0.3) is 0 Å². The number of hydrogen-bond donors (Lipinski definition) is 1. The number of ether oxygens (including phenoxy) is 2. The zero-order valence-corrected chi connectivity index (χ0v) is 18.0. The van der Waals surface area contributed by atoms with Crippen molar-refractivity contribution >= 4 is 40.8 Å². The quantitative estimate of drug-likeness (QED) is 0.369. The highest BCUT2D eigenvalue weighted by molar-refractivity contribution is 6.35. The van der Waals surface area contributed by atoms with Gasteiger partial charge < -0.3 is 15.2 Å². The number of benzene rings is 3. The summed E-state index contributed by atoms with van der Waals surface area (Å²) in [7, 11) is 0. The fourth-order valence-electron chi connectivity index (χ4n) is 3.31. The first kappa shape index (κ1) is 21.1. The SMILES string of the molecule is N#CC1=C(N)Oc2cc(OC(=O)c3ccc(Cl)cc3)ccc2C1c1ccc(Cl)cc1Cl. The maximum absolute atomic E-state index is 12.4. The number of nitrogens with zero attached hydrogens (tertiary/aromatic N) is 1. The topological polar surface area (TPSA) is 85.3 Å². The second kappa shape index (κ2) is 8.52. The number of carbonyl (C=O) groups is 1. The Bertz CT molecular complexity index is 1260. The van der Waals surface area contributed by atoms with E-state index in [1.165, 1.54) is 0 Å². The lowest BCUT2D eigenvalue weighted by Gasteiger charge is -2.27. The average molecular weight is 472 g/mol. The van der Waals surface area contributed by atoms with Gasteiger partial charge in [0.2, 0.25) is 5.88 Å². The summed E-state index contributed by atoms with van der Waals surface area (Å²) < 4.78 is 11.1. The Hall–Kier alpha value is -3.17. The van der Waals surface area contributed by atoms with Gasteiger partial charge >= 0.3 is 5.97 Å². The summed E-state index contributed by atoms with van der Waals surface area (Å²) in [5.74, 6) is -0.542. The Kier molecular flexibility index (Phi) is 5.79. The van der Waals surface area contributed by atoms with Gasteiger partial charge in [0, 0.05) is 26.7 Å². The summed E-state index contributed by atoms with van der Waals surface area (Å²) in [5, 5.41) is 11.0. The first-order valence-electron chi connectivity index (χ1n) is 9.01. The fraction of sp³-hybridized carbons (Fsp3) is 0.0435. The van der Waals surface area contributed by atoms with E-state index < -0.39 is 11.9 Å². The van der Waals surface area contributed by atoms with Gasteiger partial charge in [0.05, 0.1) is 11.5 Å². The molecular formula is C23H13Cl3N2O3. The smallest absolute Gasteiger partial charge is 0.343 e. The van der Waals surface area contributed by atoms with E-state index in [1.54, 1.807) is 60.7 Å². The summed E-state index contributed by atoms with van der Waals surface area (Å²) in [6, 6.07) is 18.3. The largest absolute Gasteiger partial charge is 0.440 e. The lowest BCUT2D eigenvalue weighted by Crippen LogP contribution is -2.21. The first-order chi connectivity index (χ1) is 14.9. The molecule has 1 aliphatic heterocycles. The van der Waals surface area contributed by atoms with Gasteiger partial charge in [-0.1, -0.05) is 46.9 Å². The highest BCUT2D eigenvalue weighted by Crippen LogP contribution is 2.45. The molecule has 0 amide bonds. The maximum atomic E-state index is 12.4. The lowest BCUT2D eigenvalue weighted by molar-refractivity contribution is 0.0734. The van der Waals surface area contributed by atoms with Gasteiger partial charge in [-0.05, 0) is 48.0 Å². The Labute approximate surface area is 193 Å². The molecule has 1 aliphatic rings. The molecule has 1 heterocycles. The molecule has 1 atom stereocenters. The standard InChI is InChI=1S/C23H13Cl3N2O3/c24-13-3-1-12(2-4-13)23(29)30-15-6-8-17-20(10-15)31-22(28)18(11-27)21(17)16-7-5-14(25)9-19(16)26/h1-10,21H,28H2. The van der Waals surface area contributed by atoms with Crippen LogP contribution in [0.3, 0.4) is 0 Å². The van der Waals surface area contributed by atoms with E-state index in [1.807, 2.05) is 0 Å². The van der Waals surface area contributed by atoms with Crippen LogP contribution in [0.1, 0.15) is 27.4 Å². The molecule has 0 radical (unpaired) electrons. The van der Waals surface area contributed by atoms with Gasteiger partial charge in [-0.25, -0.2) is 4.79 Å². The minimum Gasteiger partial charge on any atom is -0.440 e. The van der Waals surface area contributed by atoms with Crippen molar-refractivity contribution in [2.45, 2.75) is 5.92 Å². The van der Waals surface area contributed by atoms with E-state index in [0.717, 1.165) is 0 Å². The van der Waals surface area contributed by atoms with Gasteiger partial charge in [-0.15, -0.1) is 0 Å². The Morgan fingerprint density at radius 2 is 1.65 bits per heavy atom. The number of esters is 1. The molecule has 0 aliphatic carbocycles. The Morgan fingerprint density at radius 3 is 2.32 bits per heavy atom. The highest BCUT2D eigenvalue weighted by atomic mass is 35.5. The van der Waals surface area contributed by atoms with Crippen molar-refractivity contribution < 1.29 is 14.3 Å². The van der Waals surface area contributed by atoms with Crippen LogP contribution in [0.15, 0.2) is 72.1 Å². The molecule has 0 saturated heterocycles. The Morgan fingerprint density at radius 1 is 0.968 bits per heavy atom. The van der Waals surface area contributed by atoms with Gasteiger partial charge in [0.15, 0.2) is 0 Å².